The van der Waals surface area contributed by atoms with Crippen molar-refractivity contribution in [3.05, 3.63) is 58.1 Å². The first-order chi connectivity index (χ1) is 12.2. The van der Waals surface area contributed by atoms with E-state index >= 15 is 0 Å². The van der Waals surface area contributed by atoms with Gasteiger partial charge in [0.25, 0.3) is 5.69 Å². The van der Waals surface area contributed by atoms with Gasteiger partial charge < -0.3 is 19.9 Å². The van der Waals surface area contributed by atoms with Crippen molar-refractivity contribution in [3.8, 4) is 11.5 Å². The van der Waals surface area contributed by atoms with Crippen molar-refractivity contribution in [2.45, 2.75) is 12.5 Å². The molecule has 0 amide bonds. The highest BCUT2D eigenvalue weighted by Gasteiger charge is 2.36. The van der Waals surface area contributed by atoms with E-state index in [2.05, 4.69) is 5.32 Å². The first-order valence-corrected chi connectivity index (χ1v) is 7.31. The van der Waals surface area contributed by atoms with Crippen molar-refractivity contribution in [2.75, 3.05) is 25.0 Å². The maximum Gasteiger partial charge on any atom is 0.292 e. The van der Waals surface area contributed by atoms with Crippen LogP contribution in [-0.2, 0) is 4.74 Å². The molecule has 3 rings (SSSR count). The Balaban J connectivity index is 1.89. The minimum absolute atomic E-state index is 0.0927. The van der Waals surface area contributed by atoms with Crippen LogP contribution in [0.3, 0.4) is 0 Å². The lowest BCUT2D eigenvalue weighted by atomic mass is 10.0. The first-order valence-electron chi connectivity index (χ1n) is 8.31. The van der Waals surface area contributed by atoms with Crippen LogP contribution in [0.1, 0.15) is 8.30 Å². The number of hydrogen-bond donors (Lipinski definition) is 2. The van der Waals surface area contributed by atoms with Gasteiger partial charge in [-0.05, 0) is 25.1 Å². The number of aryl methyl sites for hydroxylation is 1. The van der Waals surface area contributed by atoms with E-state index in [1.165, 1.54) is 18.2 Å². The molecule has 0 spiro atoms. The molecule has 0 saturated carbocycles. The third kappa shape index (κ3) is 3.64. The molecule has 2 aromatic carbocycles. The highest BCUT2D eigenvalue weighted by atomic mass is 16.6. The Morgan fingerprint density at radius 1 is 1.33 bits per heavy atom. The van der Waals surface area contributed by atoms with Gasteiger partial charge in [-0.15, -0.1) is 0 Å². The molecule has 1 fully saturated rings. The highest BCUT2D eigenvalue weighted by Crippen LogP contribution is 2.32. The van der Waals surface area contributed by atoms with Crippen molar-refractivity contribution in [3.63, 3.8) is 0 Å². The zero-order chi connectivity index (χ0) is 18.9. The number of aliphatic hydroxyl groups is 1. The summed E-state index contributed by atoms with van der Waals surface area (Å²) in [4.78, 5) is 10.6. The second-order valence-electron chi connectivity index (χ2n) is 5.63. The number of anilines is 1. The monoisotopic (exact) mass is 332 g/mol. The summed E-state index contributed by atoms with van der Waals surface area (Å²) in [5.41, 5.74) is -1.11. The van der Waals surface area contributed by atoms with E-state index < -0.39 is 17.0 Å². The molecule has 7 nitrogen and oxygen atoms in total. The Morgan fingerprint density at radius 3 is 2.58 bits per heavy atom. The Labute approximate surface area is 141 Å². The van der Waals surface area contributed by atoms with Crippen molar-refractivity contribution in [1.29, 1.82) is 0 Å². The molecular weight excluding hydrogens is 312 g/mol. The molecule has 2 N–H and O–H groups in total. The van der Waals surface area contributed by atoms with Crippen LogP contribution in [0.15, 0.2) is 42.5 Å². The Hall–Kier alpha value is -2.64. The molecule has 0 aliphatic carbocycles. The molecular formula is C17H18N2O5. The fraction of sp³-hybridized carbons (Fsp3) is 0.294. The number of rotatable bonds is 6. The summed E-state index contributed by atoms with van der Waals surface area (Å²) in [5, 5.41) is 23.9. The van der Waals surface area contributed by atoms with Gasteiger partial charge in [-0.1, -0.05) is 17.7 Å². The number of ether oxygens (including phenoxy) is 2. The van der Waals surface area contributed by atoms with Gasteiger partial charge in [0.05, 0.1) is 20.9 Å². The third-order valence-corrected chi connectivity index (χ3v) is 3.53. The summed E-state index contributed by atoms with van der Waals surface area (Å²) in [5.74, 6) is 0.846. The van der Waals surface area contributed by atoms with Gasteiger partial charge in [-0.2, -0.15) is 0 Å². The maximum atomic E-state index is 11.3. The lowest BCUT2D eigenvalue weighted by Crippen LogP contribution is -2.54. The number of hydrogen-bond acceptors (Lipinski definition) is 6. The van der Waals surface area contributed by atoms with E-state index in [4.69, 9.17) is 12.2 Å². The SMILES string of the molecule is [2H]C([2H])(Nc1cc(Oc2ccc(C)cc2)ccc1[N+](=O)[O-])C1(O)COC1. The minimum atomic E-state index is -2.32. The van der Waals surface area contributed by atoms with E-state index in [1.54, 1.807) is 12.1 Å². The second kappa shape index (κ2) is 6.46. The summed E-state index contributed by atoms with van der Waals surface area (Å²) in [6.45, 7) is -0.770. The smallest absolute Gasteiger partial charge is 0.292 e. The zero-order valence-corrected chi connectivity index (χ0v) is 13.0. The Morgan fingerprint density at radius 2 is 2.00 bits per heavy atom. The van der Waals surface area contributed by atoms with Crippen molar-refractivity contribution in [1.82, 2.24) is 0 Å². The average molecular weight is 332 g/mol. The fourth-order valence-electron chi connectivity index (χ4n) is 2.13. The Bertz CT molecular complexity index is 822. The van der Waals surface area contributed by atoms with E-state index in [-0.39, 0.29) is 24.6 Å². The number of nitrogens with zero attached hydrogens (tertiary/aromatic N) is 1. The molecule has 0 aromatic heterocycles. The van der Waals surface area contributed by atoms with E-state index in [9.17, 15) is 15.2 Å². The van der Waals surface area contributed by atoms with Crippen LogP contribution in [0.2, 0.25) is 0 Å². The van der Waals surface area contributed by atoms with Crippen LogP contribution in [0.5, 0.6) is 11.5 Å². The van der Waals surface area contributed by atoms with Gasteiger partial charge in [0.2, 0.25) is 0 Å². The lowest BCUT2D eigenvalue weighted by molar-refractivity contribution is -0.384. The van der Waals surface area contributed by atoms with Crippen LogP contribution in [0, 0.1) is 17.0 Å². The van der Waals surface area contributed by atoms with Gasteiger partial charge in [0, 0.05) is 18.6 Å². The molecule has 0 bridgehead atoms. The summed E-state index contributed by atoms with van der Waals surface area (Å²) < 4.78 is 26.6. The molecule has 1 aliphatic rings. The normalized spacial score (nSPS) is 17.2. The predicted octanol–water partition coefficient (Wildman–Crippen LogP) is 2.87. The number of nitro groups is 1. The van der Waals surface area contributed by atoms with Crippen molar-refractivity contribution >= 4 is 11.4 Å². The van der Waals surface area contributed by atoms with Crippen molar-refractivity contribution in [2.24, 2.45) is 0 Å². The van der Waals surface area contributed by atoms with E-state index in [1.807, 2.05) is 19.1 Å². The molecule has 1 saturated heterocycles. The van der Waals surface area contributed by atoms with Crippen LogP contribution in [0.25, 0.3) is 0 Å². The Kier molecular flexibility index (Phi) is 3.71. The number of nitrogens with one attached hydrogen (secondary N) is 1. The first kappa shape index (κ1) is 13.8. The highest BCUT2D eigenvalue weighted by molar-refractivity contribution is 5.64. The molecule has 7 heteroatoms. The van der Waals surface area contributed by atoms with E-state index in [0.29, 0.717) is 11.5 Å². The van der Waals surface area contributed by atoms with Crippen LogP contribution in [0.4, 0.5) is 11.4 Å². The van der Waals surface area contributed by atoms with Crippen LogP contribution in [-0.4, -0.2) is 35.3 Å². The summed E-state index contributed by atoms with van der Waals surface area (Å²) in [6.07, 6.45) is 0. The topological polar surface area (TPSA) is 93.9 Å². The summed E-state index contributed by atoms with van der Waals surface area (Å²) >= 11 is 0. The van der Waals surface area contributed by atoms with E-state index in [0.717, 1.165) is 5.56 Å². The quantitative estimate of drug-likeness (QED) is 0.624. The summed E-state index contributed by atoms with van der Waals surface area (Å²) in [6, 6.07) is 11.2. The number of benzene rings is 2. The predicted molar refractivity (Wildman–Crippen MR) is 88.6 cm³/mol. The minimum Gasteiger partial charge on any atom is -0.457 e. The van der Waals surface area contributed by atoms with Gasteiger partial charge in [0.1, 0.15) is 22.8 Å². The van der Waals surface area contributed by atoms with Crippen LogP contribution >= 0.6 is 0 Å². The van der Waals surface area contributed by atoms with Gasteiger partial charge >= 0.3 is 0 Å². The van der Waals surface area contributed by atoms with Crippen molar-refractivity contribution < 1.29 is 22.2 Å². The molecule has 24 heavy (non-hydrogen) atoms. The fourth-order valence-corrected chi connectivity index (χ4v) is 2.13. The largest absolute Gasteiger partial charge is 0.457 e. The molecule has 1 aliphatic heterocycles. The molecule has 1 heterocycles. The van der Waals surface area contributed by atoms with Gasteiger partial charge in [-0.3, -0.25) is 10.1 Å². The number of nitro benzene ring substituents is 1. The lowest BCUT2D eigenvalue weighted by Gasteiger charge is -2.36. The standard InChI is InChI=1S/C17H18N2O5/c1-12-2-4-13(5-3-12)24-14-6-7-16(19(21)22)15(8-14)18-9-17(20)10-23-11-17/h2-8,18,20H,9-11H2,1H3/i9D2. The third-order valence-electron chi connectivity index (χ3n) is 3.53. The molecule has 0 radical (unpaired) electrons. The van der Waals surface area contributed by atoms with Gasteiger partial charge in [-0.25, -0.2) is 0 Å². The summed E-state index contributed by atoms with van der Waals surface area (Å²) in [7, 11) is 0. The van der Waals surface area contributed by atoms with Crippen LogP contribution < -0.4 is 10.1 Å². The molecule has 0 unspecified atom stereocenters. The molecule has 0 atom stereocenters. The maximum absolute atomic E-state index is 11.3. The van der Waals surface area contributed by atoms with Gasteiger partial charge in [0.15, 0.2) is 0 Å². The molecule has 2 aromatic rings. The second-order valence-corrected chi connectivity index (χ2v) is 5.63. The average Bonchev–Trinajstić information content (AvgIpc) is 2.54. The zero-order valence-electron chi connectivity index (χ0n) is 15.0. The molecule has 126 valence electrons.